The summed E-state index contributed by atoms with van der Waals surface area (Å²) in [5, 5.41) is 12.3. The second kappa shape index (κ2) is 11.8. The van der Waals surface area contributed by atoms with E-state index in [4.69, 9.17) is 0 Å². The largest absolute Gasteiger partial charge is 0.334 e. The number of H-pyrrole nitrogens is 1. The molecule has 0 radical (unpaired) electrons. The van der Waals surface area contributed by atoms with Crippen LogP contribution in [0.3, 0.4) is 0 Å². The van der Waals surface area contributed by atoms with Crippen LogP contribution in [0.15, 0.2) is 60.7 Å². The lowest BCUT2D eigenvalue weighted by molar-refractivity contribution is -0.120. The molecule has 1 heterocycles. The molecule has 7 nitrogen and oxygen atoms in total. The van der Waals surface area contributed by atoms with Gasteiger partial charge in [0.15, 0.2) is 0 Å². The molecule has 168 valence electrons. The number of nitrogens with zero attached hydrogens (tertiary/aromatic N) is 2. The number of benzene rings is 2. The molecule has 8 heteroatoms. The van der Waals surface area contributed by atoms with Crippen molar-refractivity contribution < 1.29 is 14.0 Å². The zero-order valence-corrected chi connectivity index (χ0v) is 18.1. The van der Waals surface area contributed by atoms with Gasteiger partial charge in [-0.15, -0.1) is 0 Å². The molecule has 0 fully saturated rings. The highest BCUT2D eigenvalue weighted by atomic mass is 19.1. The number of aromatic nitrogens is 2. The number of halogens is 1. The number of amides is 3. The van der Waals surface area contributed by atoms with Gasteiger partial charge < -0.3 is 10.2 Å². The zero-order chi connectivity index (χ0) is 22.8. The van der Waals surface area contributed by atoms with E-state index < -0.39 is 6.03 Å². The molecule has 0 atom stereocenters. The van der Waals surface area contributed by atoms with Crippen LogP contribution in [-0.4, -0.2) is 47.2 Å². The summed E-state index contributed by atoms with van der Waals surface area (Å²) < 4.78 is 13.0. The molecular weight excluding hydrogens is 409 g/mol. The van der Waals surface area contributed by atoms with Crippen LogP contribution in [0.5, 0.6) is 0 Å². The molecule has 0 aliphatic carbocycles. The molecule has 3 aromatic rings. The molecule has 2 aromatic carbocycles. The topological polar surface area (TPSA) is 90.1 Å². The summed E-state index contributed by atoms with van der Waals surface area (Å²) >= 11 is 0. The van der Waals surface area contributed by atoms with Crippen molar-refractivity contribution in [2.24, 2.45) is 0 Å². The van der Waals surface area contributed by atoms with E-state index in [0.717, 1.165) is 41.9 Å². The number of imide groups is 1. The van der Waals surface area contributed by atoms with Crippen molar-refractivity contribution in [1.29, 1.82) is 0 Å². The monoisotopic (exact) mass is 437 g/mol. The Bertz CT molecular complexity index is 1000. The number of hydrogen-bond acceptors (Lipinski definition) is 4. The van der Waals surface area contributed by atoms with Gasteiger partial charge in [0.25, 0.3) is 0 Å². The van der Waals surface area contributed by atoms with E-state index in [2.05, 4.69) is 25.7 Å². The first-order valence-corrected chi connectivity index (χ1v) is 10.6. The molecule has 0 spiro atoms. The van der Waals surface area contributed by atoms with E-state index in [-0.39, 0.29) is 18.1 Å². The molecule has 0 saturated heterocycles. The summed E-state index contributed by atoms with van der Waals surface area (Å²) in [6.07, 6.45) is 1.95. The van der Waals surface area contributed by atoms with Crippen LogP contribution in [0.25, 0.3) is 11.3 Å². The molecule has 32 heavy (non-hydrogen) atoms. The van der Waals surface area contributed by atoms with Gasteiger partial charge in [0.05, 0.1) is 5.69 Å². The average Bonchev–Trinajstić information content (AvgIpc) is 3.26. The lowest BCUT2D eigenvalue weighted by Crippen LogP contribution is -2.40. The third-order valence-electron chi connectivity index (χ3n) is 5.03. The lowest BCUT2D eigenvalue weighted by Gasteiger charge is -2.15. The van der Waals surface area contributed by atoms with Crippen molar-refractivity contribution in [2.45, 2.75) is 25.8 Å². The van der Waals surface area contributed by atoms with E-state index in [1.807, 2.05) is 43.4 Å². The van der Waals surface area contributed by atoms with E-state index in [9.17, 15) is 14.0 Å². The molecule has 0 aliphatic rings. The van der Waals surface area contributed by atoms with Crippen LogP contribution in [0.1, 0.15) is 24.1 Å². The molecule has 3 rings (SSSR count). The van der Waals surface area contributed by atoms with Crippen LogP contribution < -0.4 is 10.6 Å². The Kier molecular flexibility index (Phi) is 8.51. The predicted molar refractivity (Wildman–Crippen MR) is 121 cm³/mol. The summed E-state index contributed by atoms with van der Waals surface area (Å²) in [6, 6.07) is 17.2. The number of urea groups is 1. The number of aryl methyl sites for hydroxylation is 1. The second-order valence-corrected chi connectivity index (χ2v) is 7.66. The van der Waals surface area contributed by atoms with Gasteiger partial charge in [-0.05, 0) is 62.3 Å². The molecule has 0 bridgehead atoms. The summed E-state index contributed by atoms with van der Waals surface area (Å²) in [7, 11) is 1.94. The number of carbonyl (C=O) groups is 2. The summed E-state index contributed by atoms with van der Waals surface area (Å²) in [5.74, 6) is -0.575. The molecular formula is C24H28FN5O2. The van der Waals surface area contributed by atoms with Gasteiger partial charge in [0.1, 0.15) is 5.82 Å². The highest BCUT2D eigenvalue weighted by molar-refractivity contribution is 5.94. The van der Waals surface area contributed by atoms with Gasteiger partial charge in [-0.25, -0.2) is 9.18 Å². The maximum atomic E-state index is 13.0. The van der Waals surface area contributed by atoms with Crippen molar-refractivity contribution in [3.8, 4) is 11.3 Å². The summed E-state index contributed by atoms with van der Waals surface area (Å²) in [5.41, 5.74) is 3.63. The fourth-order valence-corrected chi connectivity index (χ4v) is 3.21. The van der Waals surface area contributed by atoms with Gasteiger partial charge >= 0.3 is 6.03 Å². The average molecular weight is 438 g/mol. The summed E-state index contributed by atoms with van der Waals surface area (Å²) in [4.78, 5) is 25.9. The van der Waals surface area contributed by atoms with Crippen molar-refractivity contribution in [2.75, 3.05) is 20.1 Å². The molecule has 0 aliphatic heterocycles. The van der Waals surface area contributed by atoms with Gasteiger partial charge in [-0.2, -0.15) is 5.10 Å². The minimum atomic E-state index is -0.488. The highest BCUT2D eigenvalue weighted by Gasteiger charge is 2.09. The van der Waals surface area contributed by atoms with E-state index in [0.29, 0.717) is 13.1 Å². The molecule has 0 saturated carbocycles. The zero-order valence-electron chi connectivity index (χ0n) is 18.1. The number of aromatic amines is 1. The van der Waals surface area contributed by atoms with Crippen LogP contribution >= 0.6 is 0 Å². The third-order valence-corrected chi connectivity index (χ3v) is 5.03. The fourth-order valence-electron chi connectivity index (χ4n) is 3.21. The summed E-state index contributed by atoms with van der Waals surface area (Å²) in [6.45, 7) is 1.73. The van der Waals surface area contributed by atoms with Crippen LogP contribution in [0.2, 0.25) is 0 Å². The first-order valence-electron chi connectivity index (χ1n) is 10.6. The van der Waals surface area contributed by atoms with Crippen LogP contribution in [0.4, 0.5) is 9.18 Å². The fraction of sp³-hybridized carbons (Fsp3) is 0.292. The number of hydrogen-bond donors (Lipinski definition) is 3. The normalized spacial score (nSPS) is 10.8. The molecule has 3 amide bonds. The minimum Gasteiger partial charge on any atom is -0.334 e. The first kappa shape index (κ1) is 23.1. The van der Waals surface area contributed by atoms with Gasteiger partial charge in [0.2, 0.25) is 5.91 Å². The Morgan fingerprint density at radius 1 is 1.06 bits per heavy atom. The van der Waals surface area contributed by atoms with Gasteiger partial charge in [-0.1, -0.05) is 30.3 Å². The maximum absolute atomic E-state index is 13.0. The van der Waals surface area contributed by atoms with Crippen molar-refractivity contribution in [3.05, 3.63) is 77.7 Å². The Morgan fingerprint density at radius 2 is 1.81 bits per heavy atom. The predicted octanol–water partition coefficient (Wildman–Crippen LogP) is 3.50. The Balaban J connectivity index is 1.30. The SMILES string of the molecule is CN(CCCc1cc(-c2ccc(F)cc2)n[nH]1)CCC(=O)NC(=O)NCc1ccccc1. The number of nitrogens with one attached hydrogen (secondary N) is 3. The van der Waals surface area contributed by atoms with Gasteiger partial charge in [-0.3, -0.25) is 15.2 Å². The maximum Gasteiger partial charge on any atom is 0.321 e. The van der Waals surface area contributed by atoms with E-state index in [1.165, 1.54) is 12.1 Å². The smallest absolute Gasteiger partial charge is 0.321 e. The Morgan fingerprint density at radius 3 is 2.56 bits per heavy atom. The van der Waals surface area contributed by atoms with Crippen LogP contribution in [0, 0.1) is 5.82 Å². The highest BCUT2D eigenvalue weighted by Crippen LogP contribution is 2.18. The molecule has 3 N–H and O–H groups in total. The van der Waals surface area contributed by atoms with E-state index >= 15 is 0 Å². The molecule has 0 unspecified atom stereocenters. The standard InChI is InChI=1S/C24H28FN5O2/c1-30(15-13-23(31)27-24(32)26-17-18-6-3-2-4-7-18)14-5-8-21-16-22(29-28-21)19-9-11-20(25)12-10-19/h2-4,6-7,9-12,16H,5,8,13-15,17H2,1H3,(H,28,29)(H2,26,27,31,32). The number of carbonyl (C=O) groups excluding carboxylic acids is 2. The Labute approximate surface area is 187 Å². The quantitative estimate of drug-likeness (QED) is 0.453. The molecule has 1 aromatic heterocycles. The minimum absolute atomic E-state index is 0.244. The van der Waals surface area contributed by atoms with Crippen molar-refractivity contribution in [3.63, 3.8) is 0 Å². The third kappa shape index (κ3) is 7.63. The first-order chi connectivity index (χ1) is 15.5. The van der Waals surface area contributed by atoms with Gasteiger partial charge in [0, 0.05) is 30.8 Å². The van der Waals surface area contributed by atoms with E-state index in [1.54, 1.807) is 12.1 Å². The van der Waals surface area contributed by atoms with Crippen LogP contribution in [-0.2, 0) is 17.8 Å². The van der Waals surface area contributed by atoms with Crippen molar-refractivity contribution >= 4 is 11.9 Å². The second-order valence-electron chi connectivity index (χ2n) is 7.66. The Hall–Kier alpha value is -3.52. The lowest BCUT2D eigenvalue weighted by atomic mass is 10.1. The van der Waals surface area contributed by atoms with Crippen molar-refractivity contribution in [1.82, 2.24) is 25.7 Å². The number of rotatable bonds is 10.